The molecule has 0 saturated carbocycles. The first-order chi connectivity index (χ1) is 11.7. The molecule has 0 amide bonds. The average Bonchev–Trinajstić information content (AvgIpc) is 2.60. The lowest BCUT2D eigenvalue weighted by Gasteiger charge is -2.31. The number of hydrogen-bond acceptors (Lipinski definition) is 1. The van der Waals surface area contributed by atoms with Crippen molar-refractivity contribution in [3.63, 3.8) is 0 Å². The van der Waals surface area contributed by atoms with Gasteiger partial charge in [-0.1, -0.05) is 85.5 Å². The zero-order valence-corrected chi connectivity index (χ0v) is 18.2. The van der Waals surface area contributed by atoms with Crippen LogP contribution in [0.1, 0.15) is 105 Å². The van der Waals surface area contributed by atoms with Crippen LogP contribution in [0.5, 0.6) is 0 Å². The molecule has 0 fully saturated rings. The van der Waals surface area contributed by atoms with Crippen molar-refractivity contribution in [2.75, 3.05) is 0 Å². The topological polar surface area (TPSA) is 9.23 Å². The molecule has 2 heteroatoms. The highest BCUT2D eigenvalue weighted by Crippen LogP contribution is 2.28. The third kappa shape index (κ3) is 8.74. The van der Waals surface area contributed by atoms with Crippen LogP contribution in [0.4, 0.5) is 0 Å². The number of hydrogen-bond donors (Lipinski definition) is 0. The fraction of sp³-hybridized carbons (Fsp3) is 0.909. The highest BCUT2D eigenvalue weighted by Gasteiger charge is 2.31. The predicted octanol–water partition coefficient (Wildman–Crippen LogP) is 8.22. The van der Waals surface area contributed by atoms with Crippen LogP contribution in [0.2, 0.25) is 18.1 Å². The molecule has 0 aromatic rings. The maximum Gasteiger partial charge on any atom is 0.250 e. The third-order valence-corrected chi connectivity index (χ3v) is 10.6. The smallest absolute Gasteiger partial charge is 0.250 e. The number of allylic oxidation sites excluding steroid dienone is 2. The molecule has 0 aromatic carbocycles. The summed E-state index contributed by atoms with van der Waals surface area (Å²) >= 11 is 0. The summed E-state index contributed by atoms with van der Waals surface area (Å²) in [6.45, 7) is 9.43. The summed E-state index contributed by atoms with van der Waals surface area (Å²) in [5, 5.41) is 0. The van der Waals surface area contributed by atoms with Crippen LogP contribution in [-0.2, 0) is 4.43 Å². The van der Waals surface area contributed by atoms with E-state index in [1.165, 1.54) is 101 Å². The summed E-state index contributed by atoms with van der Waals surface area (Å²) in [6.07, 6.45) is 19.2. The van der Waals surface area contributed by atoms with E-state index in [9.17, 15) is 0 Å². The second-order valence-corrected chi connectivity index (χ2v) is 12.7. The maximum atomic E-state index is 6.78. The lowest BCUT2D eigenvalue weighted by atomic mass is 10.0. The monoisotopic (exact) mass is 352 g/mol. The third-order valence-electron chi connectivity index (χ3n) is 6.08. The minimum atomic E-state index is -1.52. The van der Waals surface area contributed by atoms with Gasteiger partial charge in [0.1, 0.15) is 0 Å². The van der Waals surface area contributed by atoms with Crippen molar-refractivity contribution in [2.24, 2.45) is 5.92 Å². The van der Waals surface area contributed by atoms with Crippen molar-refractivity contribution in [1.82, 2.24) is 0 Å². The van der Waals surface area contributed by atoms with E-state index in [0.29, 0.717) is 5.92 Å². The van der Waals surface area contributed by atoms with E-state index in [0.717, 1.165) is 0 Å². The Balaban J connectivity index is 2.70. The Hall–Kier alpha value is -0.243. The van der Waals surface area contributed by atoms with E-state index in [1.807, 2.05) is 0 Å². The van der Waals surface area contributed by atoms with Gasteiger partial charge in [-0.3, -0.25) is 0 Å². The van der Waals surface area contributed by atoms with Gasteiger partial charge in [0.15, 0.2) is 0 Å². The van der Waals surface area contributed by atoms with Crippen LogP contribution in [0, 0.1) is 5.92 Å². The molecule has 0 spiro atoms. The van der Waals surface area contributed by atoms with Gasteiger partial charge in [0.25, 0.3) is 0 Å². The van der Waals surface area contributed by atoms with Crippen molar-refractivity contribution in [3.05, 3.63) is 11.8 Å². The lowest BCUT2D eigenvalue weighted by Crippen LogP contribution is -2.35. The SMILES string of the molecule is CC[Si](CC)(CC)OC1=CC(C)CCCCCCCCCCCC1. The van der Waals surface area contributed by atoms with Crippen molar-refractivity contribution in [1.29, 1.82) is 0 Å². The Kier molecular flexibility index (Phi) is 11.8. The summed E-state index contributed by atoms with van der Waals surface area (Å²) in [5.41, 5.74) is 0. The van der Waals surface area contributed by atoms with Gasteiger partial charge in [-0.25, -0.2) is 0 Å². The van der Waals surface area contributed by atoms with Gasteiger partial charge in [0.2, 0.25) is 8.32 Å². The van der Waals surface area contributed by atoms with Crippen molar-refractivity contribution < 1.29 is 4.43 Å². The molecule has 142 valence electrons. The highest BCUT2D eigenvalue weighted by molar-refractivity contribution is 6.73. The molecular weight excluding hydrogens is 308 g/mol. The van der Waals surface area contributed by atoms with Crippen LogP contribution >= 0.6 is 0 Å². The molecule has 1 unspecified atom stereocenters. The van der Waals surface area contributed by atoms with E-state index >= 15 is 0 Å². The Morgan fingerprint density at radius 1 is 0.792 bits per heavy atom. The van der Waals surface area contributed by atoms with Gasteiger partial charge in [0.05, 0.1) is 5.76 Å². The van der Waals surface area contributed by atoms with Crippen LogP contribution in [0.15, 0.2) is 11.8 Å². The molecule has 1 nitrogen and oxygen atoms in total. The first kappa shape index (κ1) is 21.8. The molecule has 0 bridgehead atoms. The Morgan fingerprint density at radius 2 is 1.25 bits per heavy atom. The van der Waals surface area contributed by atoms with E-state index in [4.69, 9.17) is 4.43 Å². The minimum Gasteiger partial charge on any atom is -0.547 e. The normalized spacial score (nSPS) is 23.0. The van der Waals surface area contributed by atoms with Crippen molar-refractivity contribution >= 4 is 8.32 Å². The first-order valence-corrected chi connectivity index (χ1v) is 13.6. The van der Waals surface area contributed by atoms with E-state index < -0.39 is 8.32 Å². The Morgan fingerprint density at radius 3 is 1.75 bits per heavy atom. The van der Waals surface area contributed by atoms with Gasteiger partial charge in [-0.2, -0.15) is 0 Å². The standard InChI is InChI=1S/C22H44OSi/c1-5-24(6-2,7-3)23-22-19-17-15-13-11-9-8-10-12-14-16-18-21(4)20-22/h20-21H,5-19H2,1-4H3. The zero-order valence-electron chi connectivity index (χ0n) is 17.2. The molecular formula is C22H44OSi. The van der Waals surface area contributed by atoms with Crippen molar-refractivity contribution in [3.8, 4) is 0 Å². The van der Waals surface area contributed by atoms with Gasteiger partial charge >= 0.3 is 0 Å². The summed E-state index contributed by atoms with van der Waals surface area (Å²) in [7, 11) is -1.52. The molecule has 24 heavy (non-hydrogen) atoms. The molecule has 1 atom stereocenters. The van der Waals surface area contributed by atoms with E-state index in [-0.39, 0.29) is 0 Å². The molecule has 0 N–H and O–H groups in total. The van der Waals surface area contributed by atoms with Crippen LogP contribution in [0.25, 0.3) is 0 Å². The molecule has 0 saturated heterocycles. The molecule has 0 heterocycles. The second-order valence-electron chi connectivity index (χ2n) is 8.03. The fourth-order valence-electron chi connectivity index (χ4n) is 3.99. The summed E-state index contributed by atoms with van der Waals surface area (Å²) < 4.78 is 6.78. The minimum absolute atomic E-state index is 0.683. The summed E-state index contributed by atoms with van der Waals surface area (Å²) in [4.78, 5) is 0. The molecule has 1 aliphatic carbocycles. The van der Waals surface area contributed by atoms with E-state index in [2.05, 4.69) is 33.8 Å². The van der Waals surface area contributed by atoms with Crippen LogP contribution in [0.3, 0.4) is 0 Å². The first-order valence-electron chi connectivity index (χ1n) is 11.1. The molecule has 1 rings (SSSR count). The maximum absolute atomic E-state index is 6.78. The van der Waals surface area contributed by atoms with Gasteiger partial charge in [0, 0.05) is 6.42 Å². The van der Waals surface area contributed by atoms with Crippen molar-refractivity contribution in [2.45, 2.75) is 123 Å². The largest absolute Gasteiger partial charge is 0.547 e. The van der Waals surface area contributed by atoms with E-state index in [1.54, 1.807) is 0 Å². The molecule has 0 aromatic heterocycles. The summed E-state index contributed by atoms with van der Waals surface area (Å²) in [5.74, 6) is 2.04. The number of rotatable bonds is 5. The quantitative estimate of drug-likeness (QED) is 0.453. The van der Waals surface area contributed by atoms with Gasteiger partial charge in [-0.05, 0) is 43.0 Å². The van der Waals surface area contributed by atoms with Gasteiger partial charge in [-0.15, -0.1) is 0 Å². The molecule has 0 radical (unpaired) electrons. The predicted molar refractivity (Wildman–Crippen MR) is 111 cm³/mol. The average molecular weight is 353 g/mol. The highest BCUT2D eigenvalue weighted by atomic mass is 28.4. The molecule has 1 aliphatic rings. The van der Waals surface area contributed by atoms with Gasteiger partial charge < -0.3 is 4.43 Å². The Labute approximate surface area is 153 Å². The second kappa shape index (κ2) is 13.0. The lowest BCUT2D eigenvalue weighted by molar-refractivity contribution is 0.369. The zero-order chi connectivity index (χ0) is 17.7. The molecule has 0 aliphatic heterocycles. The Bertz CT molecular complexity index is 325. The fourth-order valence-corrected chi connectivity index (χ4v) is 6.65. The van der Waals surface area contributed by atoms with Crippen LogP contribution in [-0.4, -0.2) is 8.32 Å². The van der Waals surface area contributed by atoms with Crippen LogP contribution < -0.4 is 0 Å². The summed E-state index contributed by atoms with van der Waals surface area (Å²) in [6, 6.07) is 3.77.